The summed E-state index contributed by atoms with van der Waals surface area (Å²) in [7, 11) is 0. The number of hydrogen-bond acceptors (Lipinski definition) is 1. The lowest BCUT2D eigenvalue weighted by atomic mass is 10.1. The molecule has 52 valence electrons. The third-order valence-corrected chi connectivity index (χ3v) is 2.24. The molecular weight excluding hydrogens is 260 g/mol. The summed E-state index contributed by atoms with van der Waals surface area (Å²) in [6, 6.07) is 0. The molecule has 0 fully saturated rings. The van der Waals surface area contributed by atoms with E-state index < -0.39 is 0 Å². The van der Waals surface area contributed by atoms with Gasteiger partial charge in [-0.2, -0.15) is 0 Å². The van der Waals surface area contributed by atoms with E-state index in [1.807, 2.05) is 0 Å². The van der Waals surface area contributed by atoms with Crippen molar-refractivity contribution in [3.8, 4) is 0 Å². The van der Waals surface area contributed by atoms with Gasteiger partial charge in [-0.3, -0.25) is 4.79 Å². The van der Waals surface area contributed by atoms with Gasteiger partial charge in [0.2, 0.25) is 5.78 Å². The summed E-state index contributed by atoms with van der Waals surface area (Å²) in [6.07, 6.45) is 3.38. The first-order valence-electron chi connectivity index (χ1n) is 2.59. The van der Waals surface area contributed by atoms with E-state index in [1.165, 1.54) is 0 Å². The van der Waals surface area contributed by atoms with Crippen LogP contribution in [0.25, 0.3) is 0 Å². The van der Waals surface area contributed by atoms with Crippen molar-refractivity contribution in [3.63, 3.8) is 0 Å². The molecule has 0 N–H and O–H groups in total. The highest BCUT2D eigenvalue weighted by atomic mass is 79.9. The lowest BCUT2D eigenvalue weighted by Gasteiger charge is -2.04. The van der Waals surface area contributed by atoms with Gasteiger partial charge in [0.25, 0.3) is 0 Å². The van der Waals surface area contributed by atoms with Crippen LogP contribution in [0, 0.1) is 0 Å². The number of allylic oxidation sites excluding steroid dienone is 5. The Labute approximate surface area is 75.8 Å². The predicted octanol–water partition coefficient (Wildman–Crippen LogP) is 2.68. The summed E-state index contributed by atoms with van der Waals surface area (Å²) >= 11 is 6.23. The lowest BCUT2D eigenvalue weighted by molar-refractivity contribution is -0.110. The van der Waals surface area contributed by atoms with Gasteiger partial charge in [-0.15, -0.1) is 0 Å². The third kappa shape index (κ3) is 1.47. The first-order valence-corrected chi connectivity index (χ1v) is 4.18. The lowest BCUT2D eigenvalue weighted by Crippen LogP contribution is -2.01. The van der Waals surface area contributed by atoms with Crippen molar-refractivity contribution in [2.24, 2.45) is 0 Å². The largest absolute Gasteiger partial charge is 0.287 e. The van der Waals surface area contributed by atoms with Crippen molar-refractivity contribution in [2.75, 3.05) is 0 Å². The van der Waals surface area contributed by atoms with E-state index in [0.29, 0.717) is 8.96 Å². The molecule has 0 aliphatic heterocycles. The third-order valence-electron chi connectivity index (χ3n) is 1.06. The second-order valence-electron chi connectivity index (χ2n) is 1.89. The van der Waals surface area contributed by atoms with Gasteiger partial charge < -0.3 is 0 Å². The van der Waals surface area contributed by atoms with Crippen LogP contribution in [0.2, 0.25) is 0 Å². The van der Waals surface area contributed by atoms with Crippen LogP contribution in [0.4, 0.5) is 0 Å². The number of hydrogen-bond donors (Lipinski definition) is 0. The standard InChI is InChI=1S/C7H4Br2O/c1-4-2-5(8)7(10)6(9)3-4/h2-3H,1H2. The van der Waals surface area contributed by atoms with Gasteiger partial charge >= 0.3 is 0 Å². The van der Waals surface area contributed by atoms with Gasteiger partial charge in [0.1, 0.15) is 0 Å². The maximum absolute atomic E-state index is 11.0. The van der Waals surface area contributed by atoms with Crippen LogP contribution in [0.15, 0.2) is 33.3 Å². The fourth-order valence-corrected chi connectivity index (χ4v) is 1.89. The number of ketones is 1. The minimum atomic E-state index is -0.0348. The second-order valence-corrected chi connectivity index (χ2v) is 3.60. The van der Waals surface area contributed by atoms with Gasteiger partial charge in [-0.05, 0) is 49.6 Å². The maximum Gasteiger partial charge on any atom is 0.206 e. The van der Waals surface area contributed by atoms with Crippen molar-refractivity contribution in [1.82, 2.24) is 0 Å². The number of rotatable bonds is 0. The molecule has 1 rings (SSSR count). The minimum absolute atomic E-state index is 0.0348. The fourth-order valence-electron chi connectivity index (χ4n) is 0.612. The first-order chi connectivity index (χ1) is 4.61. The predicted molar refractivity (Wildman–Crippen MR) is 48.2 cm³/mol. The Morgan fingerprint density at radius 1 is 1.20 bits per heavy atom. The van der Waals surface area contributed by atoms with Crippen molar-refractivity contribution >= 4 is 37.6 Å². The summed E-state index contributed by atoms with van der Waals surface area (Å²) in [6.45, 7) is 3.68. The molecule has 0 radical (unpaired) electrons. The quantitative estimate of drug-likeness (QED) is 0.657. The van der Waals surface area contributed by atoms with Crippen LogP contribution < -0.4 is 0 Å². The monoisotopic (exact) mass is 262 g/mol. The molecule has 3 heteroatoms. The van der Waals surface area contributed by atoms with Crippen molar-refractivity contribution in [1.29, 1.82) is 0 Å². The van der Waals surface area contributed by atoms with Crippen molar-refractivity contribution in [2.45, 2.75) is 0 Å². The van der Waals surface area contributed by atoms with Crippen LogP contribution >= 0.6 is 31.9 Å². The van der Waals surface area contributed by atoms with E-state index in [0.717, 1.165) is 5.57 Å². The fraction of sp³-hybridized carbons (Fsp3) is 0. The number of halogens is 2. The smallest absolute Gasteiger partial charge is 0.206 e. The summed E-state index contributed by atoms with van der Waals surface area (Å²) in [5.74, 6) is -0.0348. The molecule has 0 amide bonds. The molecule has 0 atom stereocenters. The van der Waals surface area contributed by atoms with E-state index in [-0.39, 0.29) is 5.78 Å². The molecule has 0 heterocycles. The first kappa shape index (κ1) is 7.95. The highest BCUT2D eigenvalue weighted by molar-refractivity contribution is 9.13. The molecule has 0 saturated heterocycles. The van der Waals surface area contributed by atoms with Crippen LogP contribution in [0.5, 0.6) is 0 Å². The molecule has 10 heavy (non-hydrogen) atoms. The molecule has 0 aromatic heterocycles. The molecule has 1 nitrogen and oxygen atoms in total. The molecule has 0 saturated carbocycles. The molecule has 0 unspecified atom stereocenters. The topological polar surface area (TPSA) is 17.1 Å². The minimum Gasteiger partial charge on any atom is -0.287 e. The highest BCUT2D eigenvalue weighted by Gasteiger charge is 2.14. The number of carbonyl (C=O) groups is 1. The van der Waals surface area contributed by atoms with E-state index in [2.05, 4.69) is 38.4 Å². The Hall–Kier alpha value is -0.150. The van der Waals surface area contributed by atoms with Crippen molar-refractivity contribution < 1.29 is 4.79 Å². The number of carbonyl (C=O) groups excluding carboxylic acids is 1. The van der Waals surface area contributed by atoms with Gasteiger partial charge in [0, 0.05) is 0 Å². The SMILES string of the molecule is C=C1C=C(Br)C(=O)C(Br)=C1. The van der Waals surface area contributed by atoms with Gasteiger partial charge in [-0.25, -0.2) is 0 Å². The van der Waals surface area contributed by atoms with Crippen LogP contribution in [0.3, 0.4) is 0 Å². The molecule has 1 aliphatic rings. The average Bonchev–Trinajstić information content (AvgIpc) is 1.82. The van der Waals surface area contributed by atoms with Crippen LogP contribution in [-0.4, -0.2) is 5.78 Å². The van der Waals surface area contributed by atoms with Gasteiger partial charge in [-0.1, -0.05) is 6.58 Å². The van der Waals surface area contributed by atoms with Crippen molar-refractivity contribution in [3.05, 3.63) is 33.3 Å². The maximum atomic E-state index is 11.0. The van der Waals surface area contributed by atoms with Crippen LogP contribution in [-0.2, 0) is 4.79 Å². The Kier molecular flexibility index (Phi) is 2.26. The molecule has 0 bridgehead atoms. The zero-order chi connectivity index (χ0) is 7.72. The van der Waals surface area contributed by atoms with Crippen LogP contribution in [0.1, 0.15) is 0 Å². The molecule has 0 aromatic carbocycles. The second kappa shape index (κ2) is 2.84. The summed E-state index contributed by atoms with van der Waals surface area (Å²) in [5, 5.41) is 0. The summed E-state index contributed by atoms with van der Waals surface area (Å²) in [4.78, 5) is 11.0. The molecule has 1 aliphatic carbocycles. The van der Waals surface area contributed by atoms with Gasteiger partial charge in [0.05, 0.1) is 8.96 Å². The zero-order valence-electron chi connectivity index (χ0n) is 5.03. The Morgan fingerprint density at radius 3 is 2.00 bits per heavy atom. The van der Waals surface area contributed by atoms with Gasteiger partial charge in [0.15, 0.2) is 0 Å². The normalized spacial score (nSPS) is 18.6. The molecule has 0 aromatic rings. The molecule has 0 spiro atoms. The Morgan fingerprint density at radius 2 is 1.60 bits per heavy atom. The average molecular weight is 264 g/mol. The van der Waals surface area contributed by atoms with E-state index in [4.69, 9.17) is 0 Å². The Balaban J connectivity index is 3.05. The van der Waals surface area contributed by atoms with E-state index in [9.17, 15) is 4.79 Å². The van der Waals surface area contributed by atoms with E-state index in [1.54, 1.807) is 12.2 Å². The summed E-state index contributed by atoms with van der Waals surface area (Å²) in [5.41, 5.74) is 0.818. The summed E-state index contributed by atoms with van der Waals surface area (Å²) < 4.78 is 1.10. The highest BCUT2D eigenvalue weighted by Crippen LogP contribution is 2.24. The number of Topliss-reactive ketones (excluding diaryl/α,β-unsaturated/α-hetero) is 1. The molecular formula is C7H4Br2O. The zero-order valence-corrected chi connectivity index (χ0v) is 8.20. The van der Waals surface area contributed by atoms with E-state index >= 15 is 0 Å². The Bertz CT molecular complexity index is 237.